The first-order valence-corrected chi connectivity index (χ1v) is 3.46. The molecule has 0 radical (unpaired) electrons. The molecule has 0 aliphatic heterocycles. The topological polar surface area (TPSA) is 37.3 Å². The maximum absolute atomic E-state index is 10.4. The first-order chi connectivity index (χ1) is 4.57. The molecule has 0 amide bonds. The van der Waals surface area contributed by atoms with E-state index in [1.807, 2.05) is 13.8 Å². The van der Waals surface area contributed by atoms with Crippen LogP contribution in [0.25, 0.3) is 0 Å². The third-order valence-corrected chi connectivity index (χ3v) is 1.25. The van der Waals surface area contributed by atoms with E-state index in [1.165, 1.54) is 0 Å². The summed E-state index contributed by atoms with van der Waals surface area (Å²) in [6, 6.07) is 0. The number of allylic oxidation sites excluding steroid dienone is 1. The molecular weight excluding hydrogens is 128 g/mol. The van der Waals surface area contributed by atoms with Gasteiger partial charge in [-0.15, -0.1) is 0 Å². The molecule has 0 atom stereocenters. The number of rotatable bonds is 3. The standard InChI is InChI=1S/C8H14O2/c1-4-7(8(9)10)5-6(2)3/h4,6H,5H2,1-3H3,(H,9,10)/b7-4+. The van der Waals surface area contributed by atoms with Crippen molar-refractivity contribution in [2.24, 2.45) is 5.92 Å². The Kier molecular flexibility index (Phi) is 3.77. The molecule has 0 aliphatic carbocycles. The number of hydrogen-bond acceptors (Lipinski definition) is 1. The van der Waals surface area contributed by atoms with E-state index in [0.717, 1.165) is 0 Å². The summed E-state index contributed by atoms with van der Waals surface area (Å²) in [4.78, 5) is 10.4. The number of aliphatic carboxylic acids is 1. The van der Waals surface area contributed by atoms with E-state index in [4.69, 9.17) is 5.11 Å². The molecule has 0 saturated carbocycles. The summed E-state index contributed by atoms with van der Waals surface area (Å²) in [7, 11) is 0. The Hall–Kier alpha value is -0.790. The molecule has 0 saturated heterocycles. The second-order valence-corrected chi connectivity index (χ2v) is 2.72. The van der Waals surface area contributed by atoms with Gasteiger partial charge in [0, 0.05) is 5.57 Å². The van der Waals surface area contributed by atoms with Crippen LogP contribution < -0.4 is 0 Å². The van der Waals surface area contributed by atoms with Crippen LogP contribution in [0.5, 0.6) is 0 Å². The van der Waals surface area contributed by atoms with Crippen LogP contribution in [0, 0.1) is 5.92 Å². The molecule has 0 fully saturated rings. The fourth-order valence-corrected chi connectivity index (χ4v) is 0.768. The first kappa shape index (κ1) is 9.21. The van der Waals surface area contributed by atoms with Gasteiger partial charge in [-0.2, -0.15) is 0 Å². The molecule has 58 valence electrons. The summed E-state index contributed by atoms with van der Waals surface area (Å²) in [6.45, 7) is 5.77. The highest BCUT2D eigenvalue weighted by Crippen LogP contribution is 2.09. The van der Waals surface area contributed by atoms with E-state index in [9.17, 15) is 4.79 Å². The average molecular weight is 142 g/mol. The van der Waals surface area contributed by atoms with Crippen molar-refractivity contribution in [2.45, 2.75) is 27.2 Å². The molecule has 2 nitrogen and oxygen atoms in total. The van der Waals surface area contributed by atoms with E-state index in [2.05, 4.69) is 0 Å². The SMILES string of the molecule is C/C=C(\CC(C)C)C(=O)O. The first-order valence-electron chi connectivity index (χ1n) is 3.46. The van der Waals surface area contributed by atoms with Gasteiger partial charge in [-0.3, -0.25) is 0 Å². The molecule has 0 aliphatic rings. The predicted octanol–water partition coefficient (Wildman–Crippen LogP) is 2.06. The van der Waals surface area contributed by atoms with Gasteiger partial charge in [0.1, 0.15) is 0 Å². The van der Waals surface area contributed by atoms with Gasteiger partial charge in [0.15, 0.2) is 0 Å². The van der Waals surface area contributed by atoms with E-state index >= 15 is 0 Å². The molecule has 2 heteroatoms. The van der Waals surface area contributed by atoms with Crippen LogP contribution >= 0.6 is 0 Å². The molecule has 0 bridgehead atoms. The van der Waals surface area contributed by atoms with E-state index in [0.29, 0.717) is 17.9 Å². The third kappa shape index (κ3) is 3.28. The molecule has 0 aromatic carbocycles. The molecule has 10 heavy (non-hydrogen) atoms. The minimum atomic E-state index is -0.795. The Balaban J connectivity index is 3.99. The number of carbonyl (C=O) groups is 1. The van der Waals surface area contributed by atoms with Gasteiger partial charge < -0.3 is 5.11 Å². The average Bonchev–Trinajstić information content (AvgIpc) is 1.81. The van der Waals surface area contributed by atoms with Crippen molar-refractivity contribution in [3.8, 4) is 0 Å². The second-order valence-electron chi connectivity index (χ2n) is 2.72. The van der Waals surface area contributed by atoms with Crippen molar-refractivity contribution in [2.75, 3.05) is 0 Å². The molecule has 0 aromatic rings. The molecule has 0 unspecified atom stereocenters. The Morgan fingerprint density at radius 2 is 2.10 bits per heavy atom. The molecule has 0 spiro atoms. The Morgan fingerprint density at radius 3 is 2.20 bits per heavy atom. The van der Waals surface area contributed by atoms with Gasteiger partial charge in [-0.05, 0) is 19.3 Å². The summed E-state index contributed by atoms with van der Waals surface area (Å²) in [5.41, 5.74) is 0.509. The minimum Gasteiger partial charge on any atom is -0.478 e. The van der Waals surface area contributed by atoms with Crippen molar-refractivity contribution in [1.29, 1.82) is 0 Å². The van der Waals surface area contributed by atoms with Crippen LogP contribution in [0.1, 0.15) is 27.2 Å². The monoisotopic (exact) mass is 142 g/mol. The summed E-state index contributed by atoms with van der Waals surface area (Å²) in [5, 5.41) is 8.55. The van der Waals surface area contributed by atoms with Crippen molar-refractivity contribution in [3.63, 3.8) is 0 Å². The van der Waals surface area contributed by atoms with Crippen LogP contribution in [0.3, 0.4) is 0 Å². The third-order valence-electron chi connectivity index (χ3n) is 1.25. The maximum atomic E-state index is 10.4. The van der Waals surface area contributed by atoms with Crippen LogP contribution in [-0.4, -0.2) is 11.1 Å². The quantitative estimate of drug-likeness (QED) is 0.612. The van der Waals surface area contributed by atoms with E-state index < -0.39 is 5.97 Å². The van der Waals surface area contributed by atoms with Crippen LogP contribution in [0.4, 0.5) is 0 Å². The smallest absolute Gasteiger partial charge is 0.331 e. The molecule has 0 heterocycles. The van der Waals surface area contributed by atoms with Gasteiger partial charge in [0.25, 0.3) is 0 Å². The van der Waals surface area contributed by atoms with Crippen LogP contribution in [0.15, 0.2) is 11.6 Å². The zero-order valence-corrected chi connectivity index (χ0v) is 6.72. The lowest BCUT2D eigenvalue weighted by Gasteiger charge is -2.03. The largest absolute Gasteiger partial charge is 0.478 e. The molecular formula is C8H14O2. The Labute approximate surface area is 61.6 Å². The fraction of sp³-hybridized carbons (Fsp3) is 0.625. The van der Waals surface area contributed by atoms with Crippen molar-refractivity contribution in [3.05, 3.63) is 11.6 Å². The lowest BCUT2D eigenvalue weighted by Crippen LogP contribution is -2.03. The summed E-state index contributed by atoms with van der Waals surface area (Å²) < 4.78 is 0. The number of carboxylic acid groups (broad SMARTS) is 1. The second kappa shape index (κ2) is 4.09. The van der Waals surface area contributed by atoms with Gasteiger partial charge >= 0.3 is 5.97 Å². The van der Waals surface area contributed by atoms with Crippen molar-refractivity contribution >= 4 is 5.97 Å². The maximum Gasteiger partial charge on any atom is 0.331 e. The van der Waals surface area contributed by atoms with E-state index in [1.54, 1.807) is 13.0 Å². The van der Waals surface area contributed by atoms with E-state index in [-0.39, 0.29) is 0 Å². The minimum absolute atomic E-state index is 0.419. The summed E-state index contributed by atoms with van der Waals surface area (Å²) >= 11 is 0. The van der Waals surface area contributed by atoms with Gasteiger partial charge in [-0.1, -0.05) is 19.9 Å². The predicted molar refractivity (Wildman–Crippen MR) is 40.8 cm³/mol. The van der Waals surface area contributed by atoms with Crippen LogP contribution in [0.2, 0.25) is 0 Å². The lowest BCUT2D eigenvalue weighted by molar-refractivity contribution is -0.132. The number of carboxylic acids is 1. The number of hydrogen-bond donors (Lipinski definition) is 1. The zero-order chi connectivity index (χ0) is 8.15. The fourth-order valence-electron chi connectivity index (χ4n) is 0.768. The lowest BCUT2D eigenvalue weighted by atomic mass is 10.0. The van der Waals surface area contributed by atoms with Crippen molar-refractivity contribution < 1.29 is 9.90 Å². The molecule has 1 N–H and O–H groups in total. The zero-order valence-electron chi connectivity index (χ0n) is 6.72. The highest BCUT2D eigenvalue weighted by atomic mass is 16.4. The van der Waals surface area contributed by atoms with Crippen molar-refractivity contribution in [1.82, 2.24) is 0 Å². The Bertz CT molecular complexity index is 145. The highest BCUT2D eigenvalue weighted by Gasteiger charge is 2.06. The van der Waals surface area contributed by atoms with Gasteiger partial charge in [0.2, 0.25) is 0 Å². The highest BCUT2D eigenvalue weighted by molar-refractivity contribution is 5.86. The normalized spacial score (nSPS) is 12.2. The van der Waals surface area contributed by atoms with Gasteiger partial charge in [0.05, 0.1) is 0 Å². The Morgan fingerprint density at radius 1 is 1.60 bits per heavy atom. The molecule has 0 rings (SSSR count). The van der Waals surface area contributed by atoms with Gasteiger partial charge in [-0.25, -0.2) is 4.79 Å². The summed E-state index contributed by atoms with van der Waals surface area (Å²) in [5.74, 6) is -0.376. The van der Waals surface area contributed by atoms with Crippen LogP contribution in [-0.2, 0) is 4.79 Å². The summed E-state index contributed by atoms with van der Waals surface area (Å²) in [6.07, 6.45) is 2.31. The molecule has 0 aromatic heterocycles.